The standard InChI is InChI=1S/C12H15N5O2/c1-3-16-11(7-13)14-15-12(16)9-6-8(2)4-5-10(9)17(18)19/h4-6H,3,7,13H2,1-2H3. The van der Waals surface area contributed by atoms with E-state index in [1.165, 1.54) is 6.07 Å². The highest BCUT2D eigenvalue weighted by Crippen LogP contribution is 2.29. The molecule has 1 aromatic carbocycles. The van der Waals surface area contributed by atoms with E-state index >= 15 is 0 Å². The lowest BCUT2D eigenvalue weighted by Gasteiger charge is -2.07. The van der Waals surface area contributed by atoms with Gasteiger partial charge in [-0.05, 0) is 25.5 Å². The molecule has 0 radical (unpaired) electrons. The average Bonchev–Trinajstić information content (AvgIpc) is 2.80. The highest BCUT2D eigenvalue weighted by Gasteiger charge is 2.21. The third kappa shape index (κ3) is 2.32. The Kier molecular flexibility index (Phi) is 3.57. The minimum Gasteiger partial charge on any atom is -0.324 e. The minimum absolute atomic E-state index is 0.0243. The largest absolute Gasteiger partial charge is 0.324 e. The van der Waals surface area contributed by atoms with Gasteiger partial charge in [0.2, 0.25) is 0 Å². The first kappa shape index (κ1) is 13.2. The smallest absolute Gasteiger partial charge is 0.280 e. The molecule has 19 heavy (non-hydrogen) atoms. The monoisotopic (exact) mass is 261 g/mol. The molecule has 1 heterocycles. The van der Waals surface area contributed by atoms with Crippen LogP contribution in [0.25, 0.3) is 11.4 Å². The summed E-state index contributed by atoms with van der Waals surface area (Å²) in [6, 6.07) is 4.94. The van der Waals surface area contributed by atoms with Crippen molar-refractivity contribution in [1.29, 1.82) is 0 Å². The third-order valence-corrected chi connectivity index (χ3v) is 2.92. The Morgan fingerprint density at radius 1 is 1.42 bits per heavy atom. The second kappa shape index (κ2) is 5.15. The SMILES string of the molecule is CCn1c(CN)nnc1-c1cc(C)ccc1[N+](=O)[O-]. The Morgan fingerprint density at radius 2 is 2.16 bits per heavy atom. The lowest BCUT2D eigenvalue weighted by molar-refractivity contribution is -0.384. The molecule has 7 nitrogen and oxygen atoms in total. The summed E-state index contributed by atoms with van der Waals surface area (Å²) in [5.74, 6) is 1.10. The summed E-state index contributed by atoms with van der Waals surface area (Å²) in [5.41, 5.74) is 7.01. The number of hydrogen-bond acceptors (Lipinski definition) is 5. The topological polar surface area (TPSA) is 99.9 Å². The number of nitrogens with zero attached hydrogens (tertiary/aromatic N) is 4. The highest BCUT2D eigenvalue weighted by atomic mass is 16.6. The molecule has 0 aliphatic heterocycles. The molecule has 0 bridgehead atoms. The van der Waals surface area contributed by atoms with E-state index in [4.69, 9.17) is 5.73 Å². The second-order valence-corrected chi connectivity index (χ2v) is 4.17. The number of rotatable bonds is 4. The van der Waals surface area contributed by atoms with Gasteiger partial charge in [0.15, 0.2) is 5.82 Å². The first-order valence-corrected chi connectivity index (χ1v) is 5.96. The molecular formula is C12H15N5O2. The lowest BCUT2D eigenvalue weighted by Crippen LogP contribution is -2.08. The molecule has 2 aromatic rings. The number of nitro benzene ring substituents is 1. The molecule has 0 aliphatic rings. The molecule has 0 fully saturated rings. The first-order valence-electron chi connectivity index (χ1n) is 5.96. The molecular weight excluding hydrogens is 246 g/mol. The average molecular weight is 261 g/mol. The Labute approximate surface area is 110 Å². The van der Waals surface area contributed by atoms with Gasteiger partial charge < -0.3 is 10.3 Å². The fourth-order valence-corrected chi connectivity index (χ4v) is 2.01. The normalized spacial score (nSPS) is 10.7. The van der Waals surface area contributed by atoms with Crippen LogP contribution in [0.15, 0.2) is 18.2 Å². The van der Waals surface area contributed by atoms with Crippen molar-refractivity contribution in [2.75, 3.05) is 0 Å². The lowest BCUT2D eigenvalue weighted by atomic mass is 10.1. The van der Waals surface area contributed by atoms with Crippen molar-refractivity contribution in [2.45, 2.75) is 26.9 Å². The maximum atomic E-state index is 11.1. The fourth-order valence-electron chi connectivity index (χ4n) is 2.01. The van der Waals surface area contributed by atoms with E-state index in [2.05, 4.69) is 10.2 Å². The van der Waals surface area contributed by atoms with Gasteiger partial charge >= 0.3 is 0 Å². The third-order valence-electron chi connectivity index (χ3n) is 2.92. The maximum absolute atomic E-state index is 11.1. The van der Waals surface area contributed by atoms with Gasteiger partial charge in [0, 0.05) is 12.6 Å². The minimum atomic E-state index is -0.411. The summed E-state index contributed by atoms with van der Waals surface area (Å²) in [7, 11) is 0. The van der Waals surface area contributed by atoms with Gasteiger partial charge in [-0.15, -0.1) is 10.2 Å². The van der Waals surface area contributed by atoms with Crippen LogP contribution in [0.2, 0.25) is 0 Å². The van der Waals surface area contributed by atoms with Gasteiger partial charge in [-0.1, -0.05) is 6.07 Å². The Morgan fingerprint density at radius 3 is 2.74 bits per heavy atom. The molecule has 0 spiro atoms. The highest BCUT2D eigenvalue weighted by molar-refractivity contribution is 5.69. The van der Waals surface area contributed by atoms with Gasteiger partial charge in [-0.3, -0.25) is 10.1 Å². The van der Waals surface area contributed by atoms with E-state index in [1.807, 2.05) is 13.8 Å². The summed E-state index contributed by atoms with van der Waals surface area (Å²) < 4.78 is 1.79. The number of hydrogen-bond donors (Lipinski definition) is 1. The van der Waals surface area contributed by atoms with Crippen molar-refractivity contribution in [1.82, 2.24) is 14.8 Å². The number of aryl methyl sites for hydroxylation is 1. The predicted octanol–water partition coefficient (Wildman–Crippen LogP) is 1.64. The number of aromatic nitrogens is 3. The van der Waals surface area contributed by atoms with Crippen molar-refractivity contribution in [3.8, 4) is 11.4 Å². The van der Waals surface area contributed by atoms with E-state index in [-0.39, 0.29) is 12.2 Å². The van der Waals surface area contributed by atoms with Crippen LogP contribution in [0.1, 0.15) is 18.3 Å². The second-order valence-electron chi connectivity index (χ2n) is 4.17. The summed E-state index contributed by atoms with van der Waals surface area (Å²) in [5, 5.41) is 19.1. The van der Waals surface area contributed by atoms with E-state index in [9.17, 15) is 10.1 Å². The van der Waals surface area contributed by atoms with Crippen LogP contribution < -0.4 is 5.73 Å². The predicted molar refractivity (Wildman–Crippen MR) is 70.4 cm³/mol. The summed E-state index contributed by atoms with van der Waals surface area (Å²) >= 11 is 0. The summed E-state index contributed by atoms with van der Waals surface area (Å²) in [6.07, 6.45) is 0. The Balaban J connectivity index is 2.67. The quantitative estimate of drug-likeness (QED) is 0.666. The zero-order valence-corrected chi connectivity index (χ0v) is 10.8. The van der Waals surface area contributed by atoms with Crippen LogP contribution in [-0.4, -0.2) is 19.7 Å². The molecule has 2 rings (SSSR count). The maximum Gasteiger partial charge on any atom is 0.280 e. The summed E-state index contributed by atoms with van der Waals surface area (Å²) in [4.78, 5) is 10.7. The van der Waals surface area contributed by atoms with Crippen molar-refractivity contribution in [3.63, 3.8) is 0 Å². The molecule has 1 aromatic heterocycles. The van der Waals surface area contributed by atoms with Crippen LogP contribution >= 0.6 is 0 Å². The zero-order chi connectivity index (χ0) is 14.0. The first-order chi connectivity index (χ1) is 9.08. The molecule has 0 atom stereocenters. The van der Waals surface area contributed by atoms with Gasteiger partial charge in [0.1, 0.15) is 5.82 Å². The van der Waals surface area contributed by atoms with Gasteiger partial charge in [0.25, 0.3) is 5.69 Å². The van der Waals surface area contributed by atoms with E-state index < -0.39 is 4.92 Å². The van der Waals surface area contributed by atoms with Gasteiger partial charge in [-0.25, -0.2) is 0 Å². The molecule has 0 aliphatic carbocycles. The van der Waals surface area contributed by atoms with Crippen LogP contribution in [0.3, 0.4) is 0 Å². The molecule has 2 N–H and O–H groups in total. The van der Waals surface area contributed by atoms with E-state index in [0.717, 1.165) is 5.56 Å². The number of benzene rings is 1. The molecule has 0 unspecified atom stereocenters. The molecule has 0 saturated heterocycles. The zero-order valence-electron chi connectivity index (χ0n) is 10.8. The van der Waals surface area contributed by atoms with Crippen LogP contribution in [-0.2, 0) is 13.1 Å². The van der Waals surface area contributed by atoms with Crippen LogP contribution in [0.5, 0.6) is 0 Å². The number of nitro groups is 1. The Bertz CT molecular complexity index is 621. The van der Waals surface area contributed by atoms with Crippen molar-refractivity contribution < 1.29 is 4.92 Å². The van der Waals surface area contributed by atoms with Crippen LogP contribution in [0.4, 0.5) is 5.69 Å². The molecule has 0 amide bonds. The summed E-state index contributed by atoms with van der Waals surface area (Å²) in [6.45, 7) is 4.66. The van der Waals surface area contributed by atoms with Crippen molar-refractivity contribution in [2.24, 2.45) is 5.73 Å². The number of nitrogens with two attached hydrogens (primary N) is 1. The molecule has 0 saturated carbocycles. The molecule has 100 valence electrons. The van der Waals surface area contributed by atoms with Gasteiger partial charge in [0.05, 0.1) is 17.0 Å². The van der Waals surface area contributed by atoms with Crippen molar-refractivity contribution in [3.05, 3.63) is 39.7 Å². The van der Waals surface area contributed by atoms with E-state index in [0.29, 0.717) is 23.8 Å². The van der Waals surface area contributed by atoms with Crippen molar-refractivity contribution >= 4 is 5.69 Å². The van der Waals surface area contributed by atoms with E-state index in [1.54, 1.807) is 16.7 Å². The van der Waals surface area contributed by atoms with Crippen LogP contribution in [0, 0.1) is 17.0 Å². The molecule has 7 heteroatoms. The Hall–Kier alpha value is -2.28. The van der Waals surface area contributed by atoms with Gasteiger partial charge in [-0.2, -0.15) is 0 Å². The fraction of sp³-hybridized carbons (Fsp3) is 0.333.